The molecule has 0 aromatic heterocycles. The lowest BCUT2D eigenvalue weighted by molar-refractivity contribution is -0.385. The fraction of sp³-hybridized carbons (Fsp3) is 0.174. The van der Waals surface area contributed by atoms with Crippen molar-refractivity contribution in [2.24, 2.45) is 5.10 Å². The minimum absolute atomic E-state index is 0.0274. The van der Waals surface area contributed by atoms with Crippen LogP contribution in [0, 0.1) is 10.1 Å². The Hall–Kier alpha value is -3.87. The van der Waals surface area contributed by atoms with Crippen molar-refractivity contribution < 1.29 is 14.4 Å². The number of nitro groups is 1. The monoisotopic (exact) mass is 401 g/mol. The number of fused-ring (bicyclic) bond motifs is 3. The van der Waals surface area contributed by atoms with E-state index in [1.165, 1.54) is 6.07 Å². The maximum absolute atomic E-state index is 11.3. The van der Waals surface area contributed by atoms with Crippen molar-refractivity contribution in [3.63, 3.8) is 0 Å². The molecule has 2 atom stereocenters. The minimum atomic E-state index is -0.558. The van der Waals surface area contributed by atoms with Gasteiger partial charge in [-0.1, -0.05) is 42.5 Å². The van der Waals surface area contributed by atoms with Gasteiger partial charge in [-0.2, -0.15) is 5.10 Å². The molecule has 0 N–H and O–H groups in total. The maximum atomic E-state index is 11.3. The first kappa shape index (κ1) is 18.2. The number of hydrogen-bond acceptors (Lipinski definition) is 6. The Morgan fingerprint density at radius 3 is 2.70 bits per heavy atom. The molecule has 0 saturated heterocycles. The van der Waals surface area contributed by atoms with Gasteiger partial charge in [-0.05, 0) is 23.8 Å². The fourth-order valence-electron chi connectivity index (χ4n) is 4.01. The quantitative estimate of drug-likeness (QED) is 0.462. The number of rotatable bonds is 4. The largest absolute Gasteiger partial charge is 0.497 e. The normalized spacial score (nSPS) is 19.4. The number of nitro benzene ring substituents is 1. The molecule has 0 unspecified atom stereocenters. The van der Waals surface area contributed by atoms with Gasteiger partial charge in [0.1, 0.15) is 11.5 Å². The highest BCUT2D eigenvalue weighted by Gasteiger charge is 2.41. The molecule has 30 heavy (non-hydrogen) atoms. The lowest BCUT2D eigenvalue weighted by Crippen LogP contribution is -2.33. The Balaban J connectivity index is 1.61. The summed E-state index contributed by atoms with van der Waals surface area (Å²) in [5, 5.41) is 18.1. The summed E-state index contributed by atoms with van der Waals surface area (Å²) in [6.07, 6.45) is 0.149. The summed E-state index contributed by atoms with van der Waals surface area (Å²) >= 11 is 0. The summed E-state index contributed by atoms with van der Waals surface area (Å²) in [6.45, 7) is 0. The molecule has 2 heterocycles. The Labute approximate surface area is 173 Å². The summed E-state index contributed by atoms with van der Waals surface area (Å²) in [7, 11) is 1.63. The van der Waals surface area contributed by atoms with Crippen LogP contribution in [0.2, 0.25) is 0 Å². The van der Waals surface area contributed by atoms with Crippen LogP contribution in [0.15, 0.2) is 77.9 Å². The second kappa shape index (κ2) is 7.18. The Kier molecular flexibility index (Phi) is 4.35. The third-order valence-electron chi connectivity index (χ3n) is 5.47. The number of hydrazone groups is 1. The fourth-order valence-corrected chi connectivity index (χ4v) is 4.01. The lowest BCUT2D eigenvalue weighted by atomic mass is 9.95. The zero-order valence-electron chi connectivity index (χ0n) is 16.3. The molecule has 3 aromatic carbocycles. The van der Waals surface area contributed by atoms with E-state index in [0.29, 0.717) is 12.0 Å². The van der Waals surface area contributed by atoms with Crippen molar-refractivity contribution in [2.75, 3.05) is 7.11 Å². The molecule has 0 fully saturated rings. The first-order valence-electron chi connectivity index (χ1n) is 9.64. The van der Waals surface area contributed by atoms with Gasteiger partial charge in [0.25, 0.3) is 5.69 Å². The van der Waals surface area contributed by atoms with Gasteiger partial charge in [-0.25, -0.2) is 5.01 Å². The van der Waals surface area contributed by atoms with Crippen LogP contribution in [-0.2, 0) is 0 Å². The zero-order valence-corrected chi connectivity index (χ0v) is 16.3. The zero-order chi connectivity index (χ0) is 20.7. The highest BCUT2D eigenvalue weighted by Crippen LogP contribution is 2.48. The van der Waals surface area contributed by atoms with Crippen LogP contribution in [0.1, 0.15) is 35.4 Å². The molecule has 0 saturated carbocycles. The molecule has 0 bridgehead atoms. The Morgan fingerprint density at radius 2 is 1.93 bits per heavy atom. The molecule has 7 nitrogen and oxygen atoms in total. The van der Waals surface area contributed by atoms with Crippen molar-refractivity contribution in [3.05, 3.63) is 99.6 Å². The highest BCUT2D eigenvalue weighted by molar-refractivity contribution is 6.01. The van der Waals surface area contributed by atoms with Crippen LogP contribution in [0.25, 0.3) is 0 Å². The summed E-state index contributed by atoms with van der Waals surface area (Å²) in [5.74, 6) is 1.48. The minimum Gasteiger partial charge on any atom is -0.497 e. The van der Waals surface area contributed by atoms with Gasteiger partial charge in [-0.3, -0.25) is 10.1 Å². The van der Waals surface area contributed by atoms with E-state index in [4.69, 9.17) is 14.6 Å². The summed E-state index contributed by atoms with van der Waals surface area (Å²) < 4.78 is 11.7. The van der Waals surface area contributed by atoms with Gasteiger partial charge in [0, 0.05) is 29.7 Å². The van der Waals surface area contributed by atoms with Gasteiger partial charge in [0.15, 0.2) is 0 Å². The van der Waals surface area contributed by atoms with Crippen LogP contribution in [0.5, 0.6) is 11.5 Å². The van der Waals surface area contributed by atoms with Crippen LogP contribution < -0.4 is 9.47 Å². The van der Waals surface area contributed by atoms with E-state index >= 15 is 0 Å². The van der Waals surface area contributed by atoms with Crippen molar-refractivity contribution in [1.29, 1.82) is 0 Å². The topological polar surface area (TPSA) is 77.2 Å². The first-order chi connectivity index (χ1) is 14.6. The molecule has 2 aliphatic rings. The van der Waals surface area contributed by atoms with Crippen molar-refractivity contribution in [3.8, 4) is 11.5 Å². The molecule has 0 aliphatic carbocycles. The average molecular weight is 401 g/mol. The Morgan fingerprint density at radius 1 is 1.10 bits per heavy atom. The van der Waals surface area contributed by atoms with Gasteiger partial charge < -0.3 is 9.47 Å². The number of hydrogen-bond donors (Lipinski definition) is 0. The van der Waals surface area contributed by atoms with Gasteiger partial charge in [0.2, 0.25) is 6.23 Å². The van der Waals surface area contributed by atoms with E-state index in [0.717, 1.165) is 28.3 Å². The van der Waals surface area contributed by atoms with Gasteiger partial charge in [-0.15, -0.1) is 0 Å². The number of ether oxygens (including phenoxy) is 2. The second-order valence-electron chi connectivity index (χ2n) is 7.24. The molecule has 5 rings (SSSR count). The summed E-state index contributed by atoms with van der Waals surface area (Å²) in [4.78, 5) is 10.9. The van der Waals surface area contributed by atoms with E-state index < -0.39 is 11.2 Å². The van der Waals surface area contributed by atoms with Crippen molar-refractivity contribution >= 4 is 11.4 Å². The van der Waals surface area contributed by atoms with E-state index in [1.54, 1.807) is 19.2 Å². The predicted octanol–water partition coefficient (Wildman–Crippen LogP) is 4.85. The van der Waals surface area contributed by atoms with Crippen LogP contribution >= 0.6 is 0 Å². The van der Waals surface area contributed by atoms with Crippen molar-refractivity contribution in [1.82, 2.24) is 5.01 Å². The van der Waals surface area contributed by atoms with Gasteiger partial charge in [0.05, 0.1) is 23.8 Å². The predicted molar refractivity (Wildman–Crippen MR) is 112 cm³/mol. The Bertz CT molecular complexity index is 1150. The lowest BCUT2D eigenvalue weighted by Gasteiger charge is -2.38. The van der Waals surface area contributed by atoms with E-state index in [2.05, 4.69) is 0 Å². The van der Waals surface area contributed by atoms with Crippen LogP contribution in [-0.4, -0.2) is 22.8 Å². The molecular formula is C23H19N3O4. The standard InChI is InChI=1S/C23H19N3O4/c1-29-18-10-11-22-19(13-18)21-14-20(15-6-3-2-4-7-15)24-25(21)23(30-22)16-8-5-9-17(12-16)26(27)28/h2-13,21,23H,14H2,1H3/t21-,23+/m1/s1. The van der Waals surface area contributed by atoms with E-state index in [9.17, 15) is 10.1 Å². The van der Waals surface area contributed by atoms with Crippen molar-refractivity contribution in [2.45, 2.75) is 18.7 Å². The number of non-ortho nitro benzene ring substituents is 1. The molecular weight excluding hydrogens is 382 g/mol. The number of nitrogens with zero attached hydrogens (tertiary/aromatic N) is 3. The SMILES string of the molecule is COc1ccc2c(c1)[C@H]1CC(c3ccccc3)=NN1[C@H](c1cccc([N+](=O)[O-])c1)O2. The molecule has 0 amide bonds. The van der Waals surface area contributed by atoms with E-state index in [-0.39, 0.29) is 11.7 Å². The second-order valence-corrected chi connectivity index (χ2v) is 7.24. The maximum Gasteiger partial charge on any atom is 0.269 e. The van der Waals surface area contributed by atoms with E-state index in [1.807, 2.05) is 59.6 Å². The third-order valence-corrected chi connectivity index (χ3v) is 5.47. The smallest absolute Gasteiger partial charge is 0.269 e. The molecule has 3 aromatic rings. The van der Waals surface area contributed by atoms with Crippen LogP contribution in [0.3, 0.4) is 0 Å². The first-order valence-corrected chi connectivity index (χ1v) is 9.64. The summed E-state index contributed by atoms with van der Waals surface area (Å²) in [5.41, 5.74) is 3.71. The summed E-state index contributed by atoms with van der Waals surface area (Å²) in [6, 6.07) is 22.2. The number of methoxy groups -OCH3 is 1. The van der Waals surface area contributed by atoms with Gasteiger partial charge >= 0.3 is 0 Å². The number of benzene rings is 3. The third kappa shape index (κ3) is 3.04. The average Bonchev–Trinajstić information content (AvgIpc) is 3.24. The molecule has 0 radical (unpaired) electrons. The molecule has 2 aliphatic heterocycles. The highest BCUT2D eigenvalue weighted by atomic mass is 16.6. The van der Waals surface area contributed by atoms with Crippen LogP contribution in [0.4, 0.5) is 5.69 Å². The molecule has 7 heteroatoms. The molecule has 0 spiro atoms. The molecule has 150 valence electrons.